The second kappa shape index (κ2) is 8.13. The lowest BCUT2D eigenvalue weighted by Crippen LogP contribution is -2.48. The number of hydrogen-bond donors (Lipinski definition) is 1. The van der Waals surface area contributed by atoms with Crippen molar-refractivity contribution < 1.29 is 13.2 Å². The van der Waals surface area contributed by atoms with Gasteiger partial charge < -0.3 is 5.32 Å². The van der Waals surface area contributed by atoms with Crippen LogP contribution in [0, 0.1) is 13.8 Å². The summed E-state index contributed by atoms with van der Waals surface area (Å²) in [6.45, 7) is 9.41. The minimum Gasteiger partial charge on any atom is -0.350 e. The molecule has 0 aliphatic carbocycles. The van der Waals surface area contributed by atoms with E-state index in [1.807, 2.05) is 40.7 Å². The average Bonchev–Trinajstić information content (AvgIpc) is 2.62. The lowest BCUT2D eigenvalue weighted by molar-refractivity contribution is -0.121. The minimum absolute atomic E-state index is 0.158. The van der Waals surface area contributed by atoms with Crippen molar-refractivity contribution in [2.24, 2.45) is 0 Å². The molecule has 0 aliphatic heterocycles. The number of carbonyl (C=O) groups is 1. The van der Waals surface area contributed by atoms with Gasteiger partial charge in [0.2, 0.25) is 5.91 Å². The number of anilines is 1. The van der Waals surface area contributed by atoms with Gasteiger partial charge in [0.05, 0.1) is 10.6 Å². The molecule has 0 heterocycles. The number of amides is 1. The molecule has 6 heteroatoms. The first kappa shape index (κ1) is 21.0. The average molecular weight is 389 g/mol. The zero-order valence-corrected chi connectivity index (χ0v) is 17.4. The Morgan fingerprint density at radius 2 is 1.67 bits per heavy atom. The van der Waals surface area contributed by atoms with Crippen molar-refractivity contribution in [1.82, 2.24) is 5.32 Å². The van der Waals surface area contributed by atoms with E-state index >= 15 is 0 Å². The van der Waals surface area contributed by atoms with Crippen molar-refractivity contribution in [2.45, 2.75) is 51.5 Å². The maximum atomic E-state index is 13.2. The Labute approximate surface area is 162 Å². The number of nitrogens with zero attached hydrogens (tertiary/aromatic N) is 1. The number of aryl methyl sites for hydroxylation is 2. The van der Waals surface area contributed by atoms with Gasteiger partial charge in [-0.3, -0.25) is 9.10 Å². The molecule has 1 amide bonds. The Morgan fingerprint density at radius 3 is 2.22 bits per heavy atom. The van der Waals surface area contributed by atoms with E-state index < -0.39 is 15.6 Å². The third-order valence-corrected chi connectivity index (χ3v) is 6.55. The normalized spacial score (nSPS) is 11.9. The van der Waals surface area contributed by atoms with Crippen molar-refractivity contribution in [3.63, 3.8) is 0 Å². The molecule has 5 nitrogen and oxygen atoms in total. The molecular formula is C21H28N2O3S. The molecule has 1 N–H and O–H groups in total. The molecule has 146 valence electrons. The largest absolute Gasteiger partial charge is 0.350 e. The predicted molar refractivity (Wildman–Crippen MR) is 109 cm³/mol. The predicted octanol–water partition coefficient (Wildman–Crippen LogP) is 3.80. The van der Waals surface area contributed by atoms with Gasteiger partial charge in [-0.2, -0.15) is 0 Å². The lowest BCUT2D eigenvalue weighted by Gasteiger charge is -2.28. The van der Waals surface area contributed by atoms with E-state index in [2.05, 4.69) is 5.32 Å². The third-order valence-electron chi connectivity index (χ3n) is 4.76. The number of carbonyl (C=O) groups excluding carboxylic acids is 1. The molecule has 2 rings (SSSR count). The molecule has 27 heavy (non-hydrogen) atoms. The second-order valence-electron chi connectivity index (χ2n) is 7.38. The van der Waals surface area contributed by atoms with E-state index in [1.165, 1.54) is 16.4 Å². The summed E-state index contributed by atoms with van der Waals surface area (Å²) in [5.74, 6) is -0.334. The lowest BCUT2D eigenvalue weighted by atomic mass is 10.0. The van der Waals surface area contributed by atoms with Crippen LogP contribution in [0.1, 0.15) is 38.3 Å². The van der Waals surface area contributed by atoms with Crippen molar-refractivity contribution in [3.05, 3.63) is 59.7 Å². The van der Waals surface area contributed by atoms with Crippen LogP contribution >= 0.6 is 0 Å². The molecular weight excluding hydrogens is 360 g/mol. The molecule has 0 radical (unpaired) electrons. The fourth-order valence-corrected chi connectivity index (χ4v) is 3.99. The highest BCUT2D eigenvalue weighted by atomic mass is 32.2. The smallest absolute Gasteiger partial charge is 0.264 e. The summed E-state index contributed by atoms with van der Waals surface area (Å²) >= 11 is 0. The third kappa shape index (κ3) is 5.10. The molecule has 2 aromatic rings. The van der Waals surface area contributed by atoms with Gasteiger partial charge in [0.25, 0.3) is 10.0 Å². The van der Waals surface area contributed by atoms with Crippen molar-refractivity contribution >= 4 is 21.6 Å². The van der Waals surface area contributed by atoms with Crippen molar-refractivity contribution in [3.8, 4) is 0 Å². The fraction of sp³-hybridized carbons (Fsp3) is 0.381. The van der Waals surface area contributed by atoms with Crippen LogP contribution in [-0.2, 0) is 14.8 Å². The number of hydrogen-bond acceptors (Lipinski definition) is 3. The van der Waals surface area contributed by atoms with Crippen LogP contribution in [0.25, 0.3) is 0 Å². The molecule has 0 saturated heterocycles. The summed E-state index contributed by atoms with van der Waals surface area (Å²) in [5.41, 5.74) is 2.11. The fourth-order valence-electron chi connectivity index (χ4n) is 2.55. The second-order valence-corrected chi connectivity index (χ2v) is 9.24. The SMILES string of the molecule is CCC(C)(C)NC(=O)CN(c1ccc(C)c(C)c1)S(=O)(=O)c1ccccc1. The Bertz CT molecular complexity index is 906. The molecule has 0 atom stereocenters. The van der Waals surface area contributed by atoms with Gasteiger partial charge in [0.15, 0.2) is 0 Å². The number of sulfonamides is 1. The van der Waals surface area contributed by atoms with Crippen LogP contribution in [0.15, 0.2) is 53.4 Å². The van der Waals surface area contributed by atoms with Crippen LogP contribution in [0.3, 0.4) is 0 Å². The first-order chi connectivity index (χ1) is 12.6. The summed E-state index contributed by atoms with van der Waals surface area (Å²) < 4.78 is 27.7. The highest BCUT2D eigenvalue weighted by molar-refractivity contribution is 7.92. The molecule has 0 aromatic heterocycles. The highest BCUT2D eigenvalue weighted by Gasteiger charge is 2.29. The van der Waals surface area contributed by atoms with E-state index in [1.54, 1.807) is 30.3 Å². The molecule has 0 bridgehead atoms. The maximum absolute atomic E-state index is 13.2. The molecule has 0 saturated carbocycles. The number of nitrogens with one attached hydrogen (secondary N) is 1. The molecule has 0 unspecified atom stereocenters. The minimum atomic E-state index is -3.87. The number of benzene rings is 2. The quantitative estimate of drug-likeness (QED) is 0.784. The standard InChI is InChI=1S/C21H28N2O3S/c1-6-21(4,5)22-20(24)15-23(18-13-12-16(2)17(3)14-18)27(25,26)19-10-8-7-9-11-19/h7-14H,6,15H2,1-5H3,(H,22,24). The Kier molecular flexibility index (Phi) is 6.31. The van der Waals surface area contributed by atoms with Crippen LogP contribution in [0.2, 0.25) is 0 Å². The summed E-state index contributed by atoms with van der Waals surface area (Å²) in [6, 6.07) is 13.6. The molecule has 0 fully saturated rings. The summed E-state index contributed by atoms with van der Waals surface area (Å²) in [6.07, 6.45) is 0.744. The topological polar surface area (TPSA) is 66.5 Å². The van der Waals surface area contributed by atoms with Gasteiger partial charge in [-0.05, 0) is 69.5 Å². The van der Waals surface area contributed by atoms with Crippen LogP contribution < -0.4 is 9.62 Å². The first-order valence-electron chi connectivity index (χ1n) is 9.03. The first-order valence-corrected chi connectivity index (χ1v) is 10.5. The molecule has 0 aliphatic rings. The highest BCUT2D eigenvalue weighted by Crippen LogP contribution is 2.25. The number of rotatable bonds is 7. The zero-order valence-electron chi connectivity index (χ0n) is 16.6. The summed E-state index contributed by atoms with van der Waals surface area (Å²) in [7, 11) is -3.87. The Morgan fingerprint density at radius 1 is 1.04 bits per heavy atom. The van der Waals surface area contributed by atoms with Gasteiger partial charge in [0.1, 0.15) is 6.54 Å². The summed E-state index contributed by atoms with van der Waals surface area (Å²) in [5, 5.41) is 2.91. The van der Waals surface area contributed by atoms with Crippen molar-refractivity contribution in [2.75, 3.05) is 10.8 Å². The Balaban J connectivity index is 2.46. The zero-order chi connectivity index (χ0) is 20.2. The van der Waals surface area contributed by atoms with Gasteiger partial charge in [0, 0.05) is 5.54 Å². The molecule has 0 spiro atoms. The van der Waals surface area contributed by atoms with E-state index in [4.69, 9.17) is 0 Å². The van der Waals surface area contributed by atoms with E-state index in [9.17, 15) is 13.2 Å². The van der Waals surface area contributed by atoms with Gasteiger partial charge >= 0.3 is 0 Å². The van der Waals surface area contributed by atoms with Crippen LogP contribution in [-0.4, -0.2) is 26.4 Å². The van der Waals surface area contributed by atoms with E-state index in [0.29, 0.717) is 5.69 Å². The monoisotopic (exact) mass is 388 g/mol. The van der Waals surface area contributed by atoms with E-state index in [-0.39, 0.29) is 17.3 Å². The van der Waals surface area contributed by atoms with Gasteiger partial charge in [-0.1, -0.05) is 31.2 Å². The summed E-state index contributed by atoms with van der Waals surface area (Å²) in [4.78, 5) is 12.8. The van der Waals surface area contributed by atoms with Gasteiger partial charge in [-0.25, -0.2) is 8.42 Å². The Hall–Kier alpha value is -2.34. The molecule has 2 aromatic carbocycles. The van der Waals surface area contributed by atoms with Crippen molar-refractivity contribution in [1.29, 1.82) is 0 Å². The van der Waals surface area contributed by atoms with Crippen LogP contribution in [0.4, 0.5) is 5.69 Å². The van der Waals surface area contributed by atoms with E-state index in [0.717, 1.165) is 17.5 Å². The maximum Gasteiger partial charge on any atom is 0.264 e. The van der Waals surface area contributed by atoms with Gasteiger partial charge in [-0.15, -0.1) is 0 Å². The van der Waals surface area contributed by atoms with Crippen LogP contribution in [0.5, 0.6) is 0 Å².